The molecule has 0 aromatic heterocycles. The number of hydrogen-bond donors (Lipinski definition) is 2. The SMILES string of the molecule is COc1cc(NC(=O)C23CC4CC(CC(C4)C2)C3)cc(NC(=O)C23CC4CC(CC(C4)C2)C3)c1. The van der Waals surface area contributed by atoms with Crippen LogP contribution < -0.4 is 15.4 Å². The van der Waals surface area contributed by atoms with Crippen molar-refractivity contribution in [1.82, 2.24) is 0 Å². The highest BCUT2D eigenvalue weighted by molar-refractivity contribution is 5.99. The van der Waals surface area contributed by atoms with Crippen LogP contribution in [0.2, 0.25) is 0 Å². The number of ether oxygens (including phenoxy) is 1. The van der Waals surface area contributed by atoms with Crippen LogP contribution >= 0.6 is 0 Å². The fourth-order valence-electron chi connectivity index (χ4n) is 10.2. The Hall–Kier alpha value is -2.04. The van der Waals surface area contributed by atoms with Crippen LogP contribution in [-0.4, -0.2) is 18.9 Å². The maximum atomic E-state index is 13.6. The van der Waals surface area contributed by atoms with Crippen LogP contribution in [0.3, 0.4) is 0 Å². The smallest absolute Gasteiger partial charge is 0.230 e. The Labute approximate surface area is 202 Å². The molecule has 0 heterocycles. The molecule has 0 spiro atoms. The topological polar surface area (TPSA) is 67.4 Å². The highest BCUT2D eigenvalue weighted by Crippen LogP contribution is 2.61. The maximum Gasteiger partial charge on any atom is 0.230 e. The van der Waals surface area contributed by atoms with Crippen LogP contribution in [0.25, 0.3) is 0 Å². The Balaban J connectivity index is 1.10. The summed E-state index contributed by atoms with van der Waals surface area (Å²) in [6.45, 7) is 0. The van der Waals surface area contributed by atoms with Crippen molar-refractivity contribution in [3.8, 4) is 5.75 Å². The van der Waals surface area contributed by atoms with Crippen LogP contribution in [0.1, 0.15) is 77.0 Å². The Morgan fingerprint density at radius 2 is 0.971 bits per heavy atom. The largest absolute Gasteiger partial charge is 0.497 e. The lowest BCUT2D eigenvalue weighted by Gasteiger charge is -2.55. The lowest BCUT2D eigenvalue weighted by atomic mass is 9.49. The van der Waals surface area contributed by atoms with Crippen LogP contribution in [0.4, 0.5) is 11.4 Å². The summed E-state index contributed by atoms with van der Waals surface area (Å²) in [7, 11) is 1.64. The third-order valence-corrected chi connectivity index (χ3v) is 10.7. The number of carbonyl (C=O) groups is 2. The average Bonchev–Trinajstić information content (AvgIpc) is 2.77. The van der Waals surface area contributed by atoms with Gasteiger partial charge >= 0.3 is 0 Å². The standard InChI is InChI=1S/C29H38N2O3/c1-34-25-9-23(30-26(32)28-11-17-2-18(12-28)4-19(3-17)13-28)8-24(10-25)31-27(33)29-14-20-5-21(15-29)7-22(6-20)16-29/h8-10,17-22H,2-7,11-16H2,1H3,(H,30,32)(H,31,33). The first-order valence-corrected chi connectivity index (χ1v) is 13.7. The Bertz CT molecular complexity index is 883. The molecule has 8 bridgehead atoms. The summed E-state index contributed by atoms with van der Waals surface area (Å²) in [5, 5.41) is 6.50. The summed E-state index contributed by atoms with van der Waals surface area (Å²) in [6, 6.07) is 5.71. The molecule has 2 N–H and O–H groups in total. The lowest BCUT2D eigenvalue weighted by Crippen LogP contribution is -2.52. The van der Waals surface area contributed by atoms with Gasteiger partial charge in [0, 0.05) is 23.5 Å². The highest BCUT2D eigenvalue weighted by Gasteiger charge is 2.55. The van der Waals surface area contributed by atoms with Gasteiger partial charge in [-0.3, -0.25) is 9.59 Å². The Kier molecular flexibility index (Phi) is 4.68. The fourth-order valence-corrected chi connectivity index (χ4v) is 10.2. The molecule has 8 fully saturated rings. The first kappa shape index (κ1) is 21.3. The Morgan fingerprint density at radius 3 is 1.26 bits per heavy atom. The van der Waals surface area contributed by atoms with E-state index in [1.54, 1.807) is 7.11 Å². The molecule has 8 saturated carbocycles. The Morgan fingerprint density at radius 1 is 0.647 bits per heavy atom. The van der Waals surface area contributed by atoms with Gasteiger partial charge < -0.3 is 15.4 Å². The van der Waals surface area contributed by atoms with Crippen molar-refractivity contribution in [3.63, 3.8) is 0 Å². The number of benzene rings is 1. The summed E-state index contributed by atoms with van der Waals surface area (Å²) in [5.41, 5.74) is 1.09. The van der Waals surface area contributed by atoms with E-state index in [4.69, 9.17) is 4.74 Å². The van der Waals surface area contributed by atoms with E-state index in [2.05, 4.69) is 10.6 Å². The number of hydrogen-bond acceptors (Lipinski definition) is 3. The van der Waals surface area contributed by atoms with E-state index in [-0.39, 0.29) is 22.6 Å². The summed E-state index contributed by atoms with van der Waals surface area (Å²) in [6.07, 6.45) is 14.2. The van der Waals surface area contributed by atoms with Crippen LogP contribution in [0.5, 0.6) is 5.75 Å². The molecule has 5 nitrogen and oxygen atoms in total. The molecule has 0 unspecified atom stereocenters. The van der Waals surface area contributed by atoms with E-state index >= 15 is 0 Å². The predicted molar refractivity (Wildman–Crippen MR) is 131 cm³/mol. The molecule has 182 valence electrons. The molecule has 5 heteroatoms. The van der Waals surface area contributed by atoms with E-state index in [1.165, 1.54) is 38.5 Å². The second kappa shape index (κ2) is 7.48. The minimum Gasteiger partial charge on any atom is -0.497 e. The zero-order valence-electron chi connectivity index (χ0n) is 20.4. The van der Waals surface area contributed by atoms with Gasteiger partial charge in [-0.15, -0.1) is 0 Å². The second-order valence-electron chi connectivity index (χ2n) is 13.3. The molecule has 2 amide bonds. The fraction of sp³-hybridized carbons (Fsp3) is 0.724. The molecule has 0 atom stereocenters. The number of methoxy groups -OCH3 is 1. The van der Waals surface area contributed by atoms with Crippen LogP contribution in [0, 0.1) is 46.3 Å². The monoisotopic (exact) mass is 462 g/mol. The third kappa shape index (κ3) is 3.40. The van der Waals surface area contributed by atoms with Crippen molar-refractivity contribution >= 4 is 23.2 Å². The van der Waals surface area contributed by atoms with Gasteiger partial charge in [-0.2, -0.15) is 0 Å². The zero-order chi connectivity index (χ0) is 23.1. The van der Waals surface area contributed by atoms with Crippen LogP contribution in [-0.2, 0) is 9.59 Å². The number of nitrogens with one attached hydrogen (secondary N) is 2. The van der Waals surface area contributed by atoms with Gasteiger partial charge in [0.2, 0.25) is 11.8 Å². The first-order chi connectivity index (χ1) is 16.4. The molecule has 9 rings (SSSR count). The van der Waals surface area contributed by atoms with Gasteiger partial charge in [-0.1, -0.05) is 0 Å². The molecule has 8 aliphatic rings. The van der Waals surface area contributed by atoms with E-state index in [0.29, 0.717) is 5.75 Å². The molecule has 1 aromatic rings. The van der Waals surface area contributed by atoms with E-state index in [0.717, 1.165) is 85.4 Å². The summed E-state index contributed by atoms with van der Waals surface area (Å²) in [5.74, 6) is 5.43. The van der Waals surface area contributed by atoms with Gasteiger partial charge in [-0.25, -0.2) is 0 Å². The number of amides is 2. The van der Waals surface area contributed by atoms with Crippen molar-refractivity contribution in [1.29, 1.82) is 0 Å². The van der Waals surface area contributed by atoms with Crippen molar-refractivity contribution in [2.75, 3.05) is 17.7 Å². The third-order valence-electron chi connectivity index (χ3n) is 10.7. The number of anilines is 2. The van der Waals surface area contributed by atoms with E-state index < -0.39 is 0 Å². The van der Waals surface area contributed by atoms with Gasteiger partial charge in [0.1, 0.15) is 5.75 Å². The van der Waals surface area contributed by atoms with Crippen molar-refractivity contribution in [2.45, 2.75) is 77.0 Å². The lowest BCUT2D eigenvalue weighted by molar-refractivity contribution is -0.140. The van der Waals surface area contributed by atoms with Gasteiger partial charge in [0.05, 0.1) is 17.9 Å². The summed E-state index contributed by atoms with van der Waals surface area (Å²) in [4.78, 5) is 27.2. The van der Waals surface area contributed by atoms with Gasteiger partial charge in [-0.05, 0) is 119 Å². The highest BCUT2D eigenvalue weighted by atomic mass is 16.5. The molecule has 1 aromatic carbocycles. The van der Waals surface area contributed by atoms with Crippen molar-refractivity contribution < 1.29 is 14.3 Å². The zero-order valence-corrected chi connectivity index (χ0v) is 20.4. The van der Waals surface area contributed by atoms with E-state index in [9.17, 15) is 9.59 Å². The van der Waals surface area contributed by atoms with Gasteiger partial charge in [0.15, 0.2) is 0 Å². The molecule has 0 radical (unpaired) electrons. The van der Waals surface area contributed by atoms with Crippen molar-refractivity contribution in [3.05, 3.63) is 18.2 Å². The molecular weight excluding hydrogens is 424 g/mol. The molecule has 0 aliphatic heterocycles. The predicted octanol–water partition coefficient (Wildman–Crippen LogP) is 6.01. The van der Waals surface area contributed by atoms with E-state index in [1.807, 2.05) is 18.2 Å². The summed E-state index contributed by atoms with van der Waals surface area (Å²) >= 11 is 0. The van der Waals surface area contributed by atoms with Gasteiger partial charge in [0.25, 0.3) is 0 Å². The normalized spacial score (nSPS) is 43.1. The number of rotatable bonds is 5. The first-order valence-electron chi connectivity index (χ1n) is 13.7. The molecule has 8 aliphatic carbocycles. The number of carbonyl (C=O) groups excluding carboxylic acids is 2. The minimum absolute atomic E-state index is 0.179. The summed E-state index contributed by atoms with van der Waals surface area (Å²) < 4.78 is 5.55. The average molecular weight is 463 g/mol. The van der Waals surface area contributed by atoms with Crippen molar-refractivity contribution in [2.24, 2.45) is 46.3 Å². The quantitative estimate of drug-likeness (QED) is 0.563. The molecule has 0 saturated heterocycles. The molecule has 34 heavy (non-hydrogen) atoms. The van der Waals surface area contributed by atoms with Crippen LogP contribution in [0.15, 0.2) is 18.2 Å². The maximum absolute atomic E-state index is 13.6. The molecular formula is C29H38N2O3. The second-order valence-corrected chi connectivity index (χ2v) is 13.3. The minimum atomic E-state index is -0.194.